The lowest BCUT2D eigenvalue weighted by Crippen LogP contribution is -2.29. The summed E-state index contributed by atoms with van der Waals surface area (Å²) in [5.74, 6) is 0. The second-order valence-corrected chi connectivity index (χ2v) is 8.62. The Hall–Kier alpha value is -0.563. The van der Waals surface area contributed by atoms with Crippen LogP contribution in [0.25, 0.3) is 0 Å². The monoisotopic (exact) mass is 289 g/mol. The minimum absolute atomic E-state index is 0.310. The zero-order chi connectivity index (χ0) is 14.6. The highest BCUT2D eigenvalue weighted by molar-refractivity contribution is 6.72. The van der Waals surface area contributed by atoms with Gasteiger partial charge in [0.2, 0.25) is 0 Å². The van der Waals surface area contributed by atoms with Gasteiger partial charge in [-0.05, 0) is 12.0 Å². The summed E-state index contributed by atoms with van der Waals surface area (Å²) >= 11 is 0. The number of aryl methyl sites for hydroxylation is 1. The molecule has 0 saturated carbocycles. The third-order valence-electron chi connectivity index (χ3n) is 4.26. The molecule has 0 spiro atoms. The third-order valence-corrected chi connectivity index (χ3v) is 6.77. The van der Waals surface area contributed by atoms with Crippen LogP contribution in [0.1, 0.15) is 70.8 Å². The molecule has 0 aliphatic rings. The van der Waals surface area contributed by atoms with Gasteiger partial charge in [-0.25, -0.2) is 0 Å². The lowest BCUT2D eigenvalue weighted by molar-refractivity contribution is 0.584. The van der Waals surface area contributed by atoms with E-state index in [1.165, 1.54) is 63.8 Å². The quantitative estimate of drug-likeness (QED) is 0.361. The second-order valence-electron chi connectivity index (χ2n) is 6.02. The van der Waals surface area contributed by atoms with Crippen molar-refractivity contribution in [1.29, 1.82) is 0 Å². The van der Waals surface area contributed by atoms with Crippen molar-refractivity contribution in [3.63, 3.8) is 0 Å². The van der Waals surface area contributed by atoms with Crippen LogP contribution in [-0.4, -0.2) is 8.80 Å². The fraction of sp³-hybridized carbons (Fsp3) is 0.684. The van der Waals surface area contributed by atoms with E-state index in [0.717, 1.165) is 0 Å². The molecule has 1 aromatic carbocycles. The fourth-order valence-corrected chi connectivity index (χ4v) is 5.14. The van der Waals surface area contributed by atoms with E-state index in [-0.39, 0.29) is 8.80 Å². The van der Waals surface area contributed by atoms with Gasteiger partial charge in [0.1, 0.15) is 0 Å². The van der Waals surface area contributed by atoms with Crippen LogP contribution in [-0.2, 0) is 6.42 Å². The Morgan fingerprint density at radius 1 is 0.800 bits per heavy atom. The standard InChI is InChI=1S/C19H33Si/c1-4-6-7-8-9-10-11-14-17-20(3)19-16-13-12-15-18(19)5-2/h12-13,15-16H,4-11,14,17H2,1-3H3. The SMILES string of the molecule is CCCCCCCCCC[Si](C)c1ccccc1CC. The summed E-state index contributed by atoms with van der Waals surface area (Å²) in [6, 6.07) is 10.6. The summed E-state index contributed by atoms with van der Waals surface area (Å²) < 4.78 is 0. The van der Waals surface area contributed by atoms with E-state index >= 15 is 0 Å². The van der Waals surface area contributed by atoms with Crippen molar-refractivity contribution >= 4 is 14.0 Å². The average Bonchev–Trinajstić information content (AvgIpc) is 2.49. The van der Waals surface area contributed by atoms with Crippen LogP contribution in [0.2, 0.25) is 12.6 Å². The molecule has 1 radical (unpaired) electrons. The Balaban J connectivity index is 2.15. The van der Waals surface area contributed by atoms with Crippen molar-refractivity contribution in [2.75, 3.05) is 0 Å². The molecule has 1 heteroatoms. The molecule has 1 rings (SSSR count). The summed E-state index contributed by atoms with van der Waals surface area (Å²) in [5.41, 5.74) is 1.59. The number of hydrogen-bond donors (Lipinski definition) is 0. The van der Waals surface area contributed by atoms with Gasteiger partial charge in [0.25, 0.3) is 0 Å². The highest BCUT2D eigenvalue weighted by Gasteiger charge is 2.10. The Morgan fingerprint density at radius 3 is 2.05 bits per heavy atom. The topological polar surface area (TPSA) is 0 Å². The summed E-state index contributed by atoms with van der Waals surface area (Å²) in [5, 5.41) is 1.68. The van der Waals surface area contributed by atoms with Crippen LogP contribution in [0.3, 0.4) is 0 Å². The fourth-order valence-electron chi connectivity index (χ4n) is 2.90. The Kier molecular flexibility index (Phi) is 9.74. The minimum atomic E-state index is -0.310. The highest BCUT2D eigenvalue weighted by Crippen LogP contribution is 2.12. The zero-order valence-corrected chi connectivity index (χ0v) is 14.9. The van der Waals surface area contributed by atoms with E-state index in [4.69, 9.17) is 0 Å². The number of hydrogen-bond acceptors (Lipinski definition) is 0. The van der Waals surface area contributed by atoms with Gasteiger partial charge in [-0.3, -0.25) is 0 Å². The van der Waals surface area contributed by atoms with Crippen molar-refractivity contribution < 1.29 is 0 Å². The smallest absolute Gasteiger partial charge is 0.0669 e. The minimum Gasteiger partial charge on any atom is -0.0669 e. The highest BCUT2D eigenvalue weighted by atomic mass is 28.3. The van der Waals surface area contributed by atoms with Gasteiger partial charge in [-0.1, -0.05) is 107 Å². The molecule has 20 heavy (non-hydrogen) atoms. The van der Waals surface area contributed by atoms with Gasteiger partial charge in [0, 0.05) is 0 Å². The van der Waals surface area contributed by atoms with Crippen molar-refractivity contribution in [2.45, 2.75) is 84.2 Å². The van der Waals surface area contributed by atoms with Crippen LogP contribution in [0, 0.1) is 0 Å². The molecule has 0 bridgehead atoms. The van der Waals surface area contributed by atoms with Gasteiger partial charge in [0.05, 0.1) is 8.80 Å². The van der Waals surface area contributed by atoms with Crippen LogP contribution in [0.5, 0.6) is 0 Å². The molecule has 0 N–H and O–H groups in total. The maximum atomic E-state index is 2.50. The van der Waals surface area contributed by atoms with Crippen molar-refractivity contribution in [3.8, 4) is 0 Å². The molecular weight excluding hydrogens is 256 g/mol. The average molecular weight is 290 g/mol. The van der Waals surface area contributed by atoms with Crippen LogP contribution >= 0.6 is 0 Å². The Bertz CT molecular complexity index is 345. The molecular formula is C19H33Si. The number of rotatable bonds is 11. The van der Waals surface area contributed by atoms with E-state index in [2.05, 4.69) is 44.7 Å². The van der Waals surface area contributed by atoms with E-state index < -0.39 is 0 Å². The normalized spacial score (nSPS) is 11.2. The first-order valence-corrected chi connectivity index (χ1v) is 10.9. The lowest BCUT2D eigenvalue weighted by Gasteiger charge is -2.14. The number of benzene rings is 1. The molecule has 0 unspecified atom stereocenters. The lowest BCUT2D eigenvalue weighted by atomic mass is 10.1. The zero-order valence-electron chi connectivity index (χ0n) is 13.9. The van der Waals surface area contributed by atoms with Crippen LogP contribution in [0.4, 0.5) is 0 Å². The molecule has 113 valence electrons. The summed E-state index contributed by atoms with van der Waals surface area (Å²) in [4.78, 5) is 0. The molecule has 0 amide bonds. The second kappa shape index (κ2) is 11.1. The molecule has 0 aromatic heterocycles. The van der Waals surface area contributed by atoms with Crippen molar-refractivity contribution in [1.82, 2.24) is 0 Å². The van der Waals surface area contributed by atoms with E-state index in [1.54, 1.807) is 10.8 Å². The summed E-state index contributed by atoms with van der Waals surface area (Å²) in [6.07, 6.45) is 12.7. The largest absolute Gasteiger partial charge is 0.0827 e. The first-order valence-electron chi connectivity index (χ1n) is 8.70. The summed E-state index contributed by atoms with van der Waals surface area (Å²) in [7, 11) is -0.310. The van der Waals surface area contributed by atoms with Gasteiger partial charge in [-0.2, -0.15) is 0 Å². The maximum Gasteiger partial charge on any atom is 0.0827 e. The third kappa shape index (κ3) is 6.74. The Morgan fingerprint density at radius 2 is 1.40 bits per heavy atom. The molecule has 0 saturated heterocycles. The van der Waals surface area contributed by atoms with Gasteiger partial charge in [0.15, 0.2) is 0 Å². The molecule has 0 nitrogen and oxygen atoms in total. The van der Waals surface area contributed by atoms with E-state index in [0.29, 0.717) is 0 Å². The molecule has 0 aliphatic heterocycles. The van der Waals surface area contributed by atoms with Gasteiger partial charge >= 0.3 is 0 Å². The van der Waals surface area contributed by atoms with Crippen LogP contribution in [0.15, 0.2) is 24.3 Å². The van der Waals surface area contributed by atoms with E-state index in [9.17, 15) is 0 Å². The van der Waals surface area contributed by atoms with E-state index in [1.807, 2.05) is 0 Å². The van der Waals surface area contributed by atoms with Gasteiger partial charge < -0.3 is 0 Å². The first-order chi connectivity index (χ1) is 9.79. The Labute approximate surface area is 128 Å². The van der Waals surface area contributed by atoms with Crippen LogP contribution < -0.4 is 5.19 Å². The predicted octanol–water partition coefficient (Wildman–Crippen LogP) is 5.72. The van der Waals surface area contributed by atoms with Crippen molar-refractivity contribution in [3.05, 3.63) is 29.8 Å². The van der Waals surface area contributed by atoms with Crippen molar-refractivity contribution in [2.24, 2.45) is 0 Å². The molecule has 0 aliphatic carbocycles. The molecule has 1 aromatic rings. The molecule has 0 atom stereocenters. The first kappa shape index (κ1) is 17.5. The molecule has 0 fully saturated rings. The molecule has 0 heterocycles. The predicted molar refractivity (Wildman–Crippen MR) is 94.5 cm³/mol. The summed E-state index contributed by atoms with van der Waals surface area (Å²) in [6.45, 7) is 7.07. The number of unbranched alkanes of at least 4 members (excludes halogenated alkanes) is 7. The van der Waals surface area contributed by atoms with Gasteiger partial charge in [-0.15, -0.1) is 0 Å². The maximum absolute atomic E-state index is 2.50.